The number of anilines is 2. The summed E-state index contributed by atoms with van der Waals surface area (Å²) >= 11 is 0. The largest absolute Gasteiger partial charge is 0.383 e. The number of nitrogen functional groups attached to an aromatic ring is 1. The second-order valence-electron chi connectivity index (χ2n) is 4.50. The van der Waals surface area contributed by atoms with E-state index in [-0.39, 0.29) is 5.95 Å². The number of nitrogens with one attached hydrogen (secondary N) is 2. The van der Waals surface area contributed by atoms with E-state index < -0.39 is 0 Å². The molecular formula is C14H16N6O. The normalized spacial score (nSPS) is 10.9. The molecule has 0 fully saturated rings. The number of H-pyrrole nitrogens is 1. The molecule has 7 nitrogen and oxygen atoms in total. The van der Waals surface area contributed by atoms with Crippen LogP contribution < -0.4 is 11.1 Å². The van der Waals surface area contributed by atoms with Crippen molar-refractivity contribution in [2.75, 3.05) is 31.3 Å². The fraction of sp³-hybridized carbons (Fsp3) is 0.214. The molecule has 108 valence electrons. The van der Waals surface area contributed by atoms with Crippen LogP contribution in [0.4, 0.5) is 11.6 Å². The molecule has 0 radical (unpaired) electrons. The average molecular weight is 284 g/mol. The minimum Gasteiger partial charge on any atom is -0.383 e. The van der Waals surface area contributed by atoms with Gasteiger partial charge in [-0.25, -0.2) is 15.0 Å². The number of methoxy groups -OCH3 is 1. The van der Waals surface area contributed by atoms with Gasteiger partial charge in [0.15, 0.2) is 0 Å². The number of fused-ring (bicyclic) bond motifs is 1. The van der Waals surface area contributed by atoms with Crippen molar-refractivity contribution < 1.29 is 4.74 Å². The maximum Gasteiger partial charge on any atom is 0.220 e. The first-order valence-electron chi connectivity index (χ1n) is 6.57. The van der Waals surface area contributed by atoms with Gasteiger partial charge >= 0.3 is 0 Å². The van der Waals surface area contributed by atoms with Gasteiger partial charge in [-0.3, -0.25) is 0 Å². The zero-order valence-electron chi connectivity index (χ0n) is 11.6. The molecule has 0 amide bonds. The molecule has 7 heteroatoms. The second kappa shape index (κ2) is 5.76. The number of rotatable bonds is 5. The standard InChI is InChI=1S/C14H16N6O/c1-21-7-6-16-11-3-4-17-13-12(11)9(8-19-13)10-2-5-18-14(15)20-10/h2-5,8H,6-7H2,1H3,(H2,15,18,20)(H2,16,17,19). The third-order valence-electron chi connectivity index (χ3n) is 3.15. The van der Waals surface area contributed by atoms with Crippen molar-refractivity contribution in [3.8, 4) is 11.3 Å². The molecule has 0 atom stereocenters. The Morgan fingerprint density at radius 1 is 1.29 bits per heavy atom. The van der Waals surface area contributed by atoms with E-state index in [1.807, 2.05) is 18.3 Å². The Morgan fingerprint density at radius 3 is 2.95 bits per heavy atom. The average Bonchev–Trinajstić information content (AvgIpc) is 2.92. The highest BCUT2D eigenvalue weighted by Crippen LogP contribution is 2.31. The van der Waals surface area contributed by atoms with Crippen molar-refractivity contribution in [1.29, 1.82) is 0 Å². The summed E-state index contributed by atoms with van der Waals surface area (Å²) in [7, 11) is 1.68. The molecule has 0 aliphatic carbocycles. The molecule has 0 aliphatic rings. The highest BCUT2D eigenvalue weighted by Gasteiger charge is 2.12. The molecular weight excluding hydrogens is 268 g/mol. The van der Waals surface area contributed by atoms with E-state index in [0.717, 1.165) is 28.0 Å². The molecule has 0 saturated carbocycles. The molecule has 3 aromatic heterocycles. The number of nitrogens with two attached hydrogens (primary N) is 1. The minimum atomic E-state index is 0.250. The topological polar surface area (TPSA) is 102 Å². The van der Waals surface area contributed by atoms with Crippen LogP contribution in [0.1, 0.15) is 0 Å². The van der Waals surface area contributed by atoms with Crippen LogP contribution in [-0.4, -0.2) is 40.2 Å². The van der Waals surface area contributed by atoms with Crippen LogP contribution in [0.15, 0.2) is 30.7 Å². The third-order valence-corrected chi connectivity index (χ3v) is 3.15. The van der Waals surface area contributed by atoms with Gasteiger partial charge in [-0.1, -0.05) is 0 Å². The summed E-state index contributed by atoms with van der Waals surface area (Å²) in [6.07, 6.45) is 5.28. The highest BCUT2D eigenvalue weighted by molar-refractivity contribution is 6.01. The summed E-state index contributed by atoms with van der Waals surface area (Å²) in [6.45, 7) is 1.34. The maximum atomic E-state index is 5.66. The number of aromatic amines is 1. The fourth-order valence-electron chi connectivity index (χ4n) is 2.22. The number of aromatic nitrogens is 4. The van der Waals surface area contributed by atoms with E-state index >= 15 is 0 Å². The molecule has 0 saturated heterocycles. The van der Waals surface area contributed by atoms with Gasteiger partial charge in [0.25, 0.3) is 0 Å². The Balaban J connectivity index is 2.07. The van der Waals surface area contributed by atoms with Crippen LogP contribution in [0.5, 0.6) is 0 Å². The first-order chi connectivity index (χ1) is 10.3. The summed E-state index contributed by atoms with van der Waals surface area (Å²) in [5, 5.41) is 4.32. The Bertz CT molecular complexity index is 754. The molecule has 21 heavy (non-hydrogen) atoms. The lowest BCUT2D eigenvalue weighted by Gasteiger charge is -2.08. The molecule has 0 unspecified atom stereocenters. The number of hydrogen-bond donors (Lipinski definition) is 3. The lowest BCUT2D eigenvalue weighted by Crippen LogP contribution is -2.08. The Hall–Kier alpha value is -2.67. The van der Waals surface area contributed by atoms with Crippen LogP contribution in [0.2, 0.25) is 0 Å². The van der Waals surface area contributed by atoms with E-state index in [9.17, 15) is 0 Å². The lowest BCUT2D eigenvalue weighted by atomic mass is 10.1. The first kappa shape index (κ1) is 13.3. The number of nitrogens with zero attached hydrogens (tertiary/aromatic N) is 3. The van der Waals surface area contributed by atoms with Gasteiger partial charge in [0.1, 0.15) is 5.65 Å². The quantitative estimate of drug-likeness (QED) is 0.616. The van der Waals surface area contributed by atoms with E-state index in [0.29, 0.717) is 13.2 Å². The third kappa shape index (κ3) is 2.63. The monoisotopic (exact) mass is 284 g/mol. The van der Waals surface area contributed by atoms with E-state index in [1.165, 1.54) is 0 Å². The van der Waals surface area contributed by atoms with Crippen LogP contribution >= 0.6 is 0 Å². The van der Waals surface area contributed by atoms with Gasteiger partial charge < -0.3 is 20.8 Å². The smallest absolute Gasteiger partial charge is 0.220 e. The van der Waals surface area contributed by atoms with Gasteiger partial charge in [0.05, 0.1) is 17.7 Å². The first-order valence-corrected chi connectivity index (χ1v) is 6.57. The Kier molecular flexibility index (Phi) is 3.65. The summed E-state index contributed by atoms with van der Waals surface area (Å²) in [5.74, 6) is 0.250. The molecule has 0 aromatic carbocycles. The van der Waals surface area contributed by atoms with Crippen LogP contribution in [0, 0.1) is 0 Å². The molecule has 3 heterocycles. The molecule has 3 rings (SSSR count). The molecule has 0 aliphatic heterocycles. The van der Waals surface area contributed by atoms with Gasteiger partial charge in [0.2, 0.25) is 5.95 Å². The van der Waals surface area contributed by atoms with E-state index in [4.69, 9.17) is 10.5 Å². The van der Waals surface area contributed by atoms with E-state index in [2.05, 4.69) is 25.3 Å². The summed E-state index contributed by atoms with van der Waals surface area (Å²) in [5.41, 5.74) is 9.14. The van der Waals surface area contributed by atoms with Crippen molar-refractivity contribution >= 4 is 22.7 Å². The summed E-state index contributed by atoms with van der Waals surface area (Å²) < 4.78 is 5.06. The molecule has 4 N–H and O–H groups in total. The SMILES string of the molecule is COCCNc1ccnc2[nH]cc(-c3ccnc(N)n3)c12. The maximum absolute atomic E-state index is 5.66. The molecule has 0 spiro atoms. The van der Waals surface area contributed by atoms with Crippen LogP contribution in [-0.2, 0) is 4.74 Å². The Labute approximate surface area is 121 Å². The fourth-order valence-corrected chi connectivity index (χ4v) is 2.22. The second-order valence-corrected chi connectivity index (χ2v) is 4.50. The van der Waals surface area contributed by atoms with Crippen LogP contribution in [0.25, 0.3) is 22.3 Å². The predicted molar refractivity (Wildman–Crippen MR) is 81.9 cm³/mol. The number of ether oxygens (including phenoxy) is 1. The summed E-state index contributed by atoms with van der Waals surface area (Å²) in [6, 6.07) is 3.75. The van der Waals surface area contributed by atoms with Crippen LogP contribution in [0.3, 0.4) is 0 Å². The highest BCUT2D eigenvalue weighted by atomic mass is 16.5. The zero-order valence-corrected chi connectivity index (χ0v) is 11.6. The zero-order chi connectivity index (χ0) is 14.7. The van der Waals surface area contributed by atoms with Gasteiger partial charge in [0, 0.05) is 43.5 Å². The van der Waals surface area contributed by atoms with Crippen molar-refractivity contribution in [2.24, 2.45) is 0 Å². The van der Waals surface area contributed by atoms with Gasteiger partial charge in [-0.05, 0) is 12.1 Å². The van der Waals surface area contributed by atoms with Crippen molar-refractivity contribution in [1.82, 2.24) is 19.9 Å². The molecule has 0 bridgehead atoms. The Morgan fingerprint density at radius 2 is 2.14 bits per heavy atom. The van der Waals surface area contributed by atoms with Gasteiger partial charge in [-0.2, -0.15) is 0 Å². The van der Waals surface area contributed by atoms with Crippen molar-refractivity contribution in [3.63, 3.8) is 0 Å². The lowest BCUT2D eigenvalue weighted by molar-refractivity contribution is 0.211. The molecule has 3 aromatic rings. The van der Waals surface area contributed by atoms with Gasteiger partial charge in [-0.15, -0.1) is 0 Å². The van der Waals surface area contributed by atoms with Crippen molar-refractivity contribution in [3.05, 3.63) is 30.7 Å². The predicted octanol–water partition coefficient (Wildman–Crippen LogP) is 1.66. The van der Waals surface area contributed by atoms with E-state index in [1.54, 1.807) is 19.5 Å². The minimum absolute atomic E-state index is 0.250. The summed E-state index contributed by atoms with van der Waals surface area (Å²) in [4.78, 5) is 15.7. The number of hydrogen-bond acceptors (Lipinski definition) is 6. The van der Waals surface area contributed by atoms with Crippen molar-refractivity contribution in [2.45, 2.75) is 0 Å². The number of pyridine rings is 1.